The van der Waals surface area contributed by atoms with Crippen LogP contribution in [-0.4, -0.2) is 41.9 Å². The molecular weight excluding hydrogens is 480 g/mol. The van der Waals surface area contributed by atoms with Gasteiger partial charge in [-0.15, -0.1) is 0 Å². The van der Waals surface area contributed by atoms with Crippen molar-refractivity contribution in [2.45, 2.75) is 12.5 Å². The number of aliphatic hydroxyl groups excluding tert-OH is 1. The molecule has 10 heteroatoms. The molecule has 1 aliphatic heterocycles. The number of aliphatic hydroxyl groups is 1. The minimum absolute atomic E-state index is 0.0368. The molecule has 37 heavy (non-hydrogen) atoms. The van der Waals surface area contributed by atoms with E-state index >= 15 is 0 Å². The summed E-state index contributed by atoms with van der Waals surface area (Å²) in [6.45, 7) is 0. The SMILES string of the molecule is COC(=O)Cc1ccc(N2C(=O)C(=O)/C(=C(\O)c3ccc([N+](=O)[O-])cc3)C2c2cccc(OC)c2)cc1. The van der Waals surface area contributed by atoms with Crippen molar-refractivity contribution in [1.29, 1.82) is 0 Å². The lowest BCUT2D eigenvalue weighted by Gasteiger charge is -2.26. The van der Waals surface area contributed by atoms with Gasteiger partial charge in [-0.3, -0.25) is 29.4 Å². The average Bonchev–Trinajstić information content (AvgIpc) is 3.18. The summed E-state index contributed by atoms with van der Waals surface area (Å²) in [5.41, 5.74) is 1.30. The molecule has 4 rings (SSSR count). The predicted molar refractivity (Wildman–Crippen MR) is 133 cm³/mol. The molecule has 1 saturated heterocycles. The molecule has 3 aromatic carbocycles. The van der Waals surface area contributed by atoms with Gasteiger partial charge in [-0.2, -0.15) is 0 Å². The highest BCUT2D eigenvalue weighted by Crippen LogP contribution is 2.43. The Hall–Kier alpha value is -4.99. The molecule has 1 N–H and O–H groups in total. The molecule has 1 fully saturated rings. The van der Waals surface area contributed by atoms with Crippen molar-refractivity contribution in [2.24, 2.45) is 0 Å². The van der Waals surface area contributed by atoms with Crippen LogP contribution in [0.4, 0.5) is 11.4 Å². The summed E-state index contributed by atoms with van der Waals surface area (Å²) in [4.78, 5) is 49.8. The Balaban J connectivity index is 1.85. The molecule has 3 aromatic rings. The van der Waals surface area contributed by atoms with Crippen LogP contribution < -0.4 is 9.64 Å². The van der Waals surface area contributed by atoms with Crippen LogP contribution in [0.25, 0.3) is 5.76 Å². The zero-order chi connectivity index (χ0) is 26.7. The predicted octanol–water partition coefficient (Wildman–Crippen LogP) is 3.95. The Kier molecular flexibility index (Phi) is 7.01. The van der Waals surface area contributed by atoms with Crippen molar-refractivity contribution >= 4 is 34.8 Å². The van der Waals surface area contributed by atoms with Gasteiger partial charge in [-0.05, 0) is 47.5 Å². The van der Waals surface area contributed by atoms with Crippen molar-refractivity contribution in [3.05, 3.63) is 105 Å². The molecule has 1 atom stereocenters. The summed E-state index contributed by atoms with van der Waals surface area (Å²) in [6.07, 6.45) is 0.0368. The summed E-state index contributed by atoms with van der Waals surface area (Å²) in [5.74, 6) is -2.19. The number of amides is 1. The topological polar surface area (TPSA) is 136 Å². The number of hydrogen-bond acceptors (Lipinski definition) is 8. The number of benzene rings is 3. The van der Waals surface area contributed by atoms with Crippen LogP contribution in [0.2, 0.25) is 0 Å². The van der Waals surface area contributed by atoms with Crippen LogP contribution in [0.5, 0.6) is 5.75 Å². The van der Waals surface area contributed by atoms with E-state index < -0.39 is 34.4 Å². The first-order valence-electron chi connectivity index (χ1n) is 11.1. The van der Waals surface area contributed by atoms with E-state index in [1.165, 1.54) is 43.4 Å². The van der Waals surface area contributed by atoms with Gasteiger partial charge in [0.2, 0.25) is 0 Å². The average molecular weight is 502 g/mol. The van der Waals surface area contributed by atoms with Crippen LogP contribution in [0.15, 0.2) is 78.4 Å². The van der Waals surface area contributed by atoms with Crippen molar-refractivity contribution in [2.75, 3.05) is 19.1 Å². The molecule has 0 spiro atoms. The number of carbonyl (C=O) groups excluding carboxylic acids is 3. The number of Topliss-reactive ketones (excluding diaryl/α,β-unsaturated/α-hetero) is 1. The number of ketones is 1. The van der Waals surface area contributed by atoms with Crippen LogP contribution in [0, 0.1) is 10.1 Å². The van der Waals surface area contributed by atoms with Gasteiger partial charge in [-0.25, -0.2) is 0 Å². The van der Waals surface area contributed by atoms with E-state index in [1.807, 2.05) is 0 Å². The number of hydrogen-bond donors (Lipinski definition) is 1. The Bertz CT molecular complexity index is 1410. The van der Waals surface area contributed by atoms with Crippen molar-refractivity contribution in [3.63, 3.8) is 0 Å². The minimum Gasteiger partial charge on any atom is -0.507 e. The molecule has 1 unspecified atom stereocenters. The number of nitro benzene ring substituents is 1. The van der Waals surface area contributed by atoms with Crippen molar-refractivity contribution in [3.8, 4) is 5.75 Å². The third-order valence-corrected chi connectivity index (χ3v) is 6.00. The van der Waals surface area contributed by atoms with E-state index in [9.17, 15) is 29.6 Å². The number of rotatable bonds is 7. The number of non-ortho nitro benzene ring substituents is 1. The smallest absolute Gasteiger partial charge is 0.309 e. The molecule has 188 valence electrons. The van der Waals surface area contributed by atoms with E-state index in [0.717, 1.165) is 0 Å². The van der Waals surface area contributed by atoms with E-state index in [-0.39, 0.29) is 23.2 Å². The number of anilines is 1. The molecule has 0 aliphatic carbocycles. The summed E-state index contributed by atoms with van der Waals surface area (Å²) in [6, 6.07) is 17.2. The first-order chi connectivity index (χ1) is 17.7. The highest BCUT2D eigenvalue weighted by atomic mass is 16.6. The standard InChI is InChI=1S/C27H22N2O8/c1-36-21-5-3-4-18(15-21)24-23(25(31)17-8-12-20(13-9-17)29(34)35)26(32)27(33)28(24)19-10-6-16(7-11-19)14-22(30)37-2/h3-13,15,24,31H,14H2,1-2H3/b25-23-. The summed E-state index contributed by atoms with van der Waals surface area (Å²) in [7, 11) is 2.77. The van der Waals surface area contributed by atoms with Gasteiger partial charge in [0, 0.05) is 23.4 Å². The lowest BCUT2D eigenvalue weighted by atomic mass is 9.95. The first kappa shape index (κ1) is 25.1. The van der Waals surface area contributed by atoms with Crippen molar-refractivity contribution < 1.29 is 33.9 Å². The number of carbonyl (C=O) groups is 3. The fourth-order valence-electron chi connectivity index (χ4n) is 4.14. The number of nitrogens with zero attached hydrogens (tertiary/aromatic N) is 2. The largest absolute Gasteiger partial charge is 0.507 e. The Labute approximate surface area is 211 Å². The van der Waals surface area contributed by atoms with E-state index in [1.54, 1.807) is 48.5 Å². The maximum Gasteiger partial charge on any atom is 0.309 e. The highest BCUT2D eigenvalue weighted by molar-refractivity contribution is 6.51. The Morgan fingerprint density at radius 2 is 1.70 bits per heavy atom. The van der Waals surface area contributed by atoms with Gasteiger partial charge in [-0.1, -0.05) is 24.3 Å². The van der Waals surface area contributed by atoms with E-state index in [0.29, 0.717) is 22.6 Å². The van der Waals surface area contributed by atoms with Crippen molar-refractivity contribution in [1.82, 2.24) is 0 Å². The van der Waals surface area contributed by atoms with E-state index in [2.05, 4.69) is 4.74 Å². The third-order valence-electron chi connectivity index (χ3n) is 6.00. The maximum absolute atomic E-state index is 13.3. The minimum atomic E-state index is -1.02. The molecular formula is C27H22N2O8. The van der Waals surface area contributed by atoms with Crippen LogP contribution in [0.3, 0.4) is 0 Å². The number of methoxy groups -OCH3 is 2. The quantitative estimate of drug-likeness (QED) is 0.128. The second-order valence-corrected chi connectivity index (χ2v) is 8.17. The van der Waals surface area contributed by atoms with Gasteiger partial charge >= 0.3 is 5.97 Å². The van der Waals surface area contributed by atoms with Gasteiger partial charge in [0.05, 0.1) is 37.2 Å². The lowest BCUT2D eigenvalue weighted by molar-refractivity contribution is -0.384. The highest BCUT2D eigenvalue weighted by Gasteiger charge is 2.47. The summed E-state index contributed by atoms with van der Waals surface area (Å²) < 4.78 is 10.00. The monoisotopic (exact) mass is 502 g/mol. The molecule has 0 aromatic heterocycles. The fourth-order valence-corrected chi connectivity index (χ4v) is 4.14. The molecule has 0 saturated carbocycles. The molecule has 1 aliphatic rings. The fraction of sp³-hybridized carbons (Fsp3) is 0.148. The Morgan fingerprint density at radius 3 is 2.30 bits per heavy atom. The summed E-state index contributed by atoms with van der Waals surface area (Å²) in [5, 5.41) is 22.2. The first-order valence-corrected chi connectivity index (χ1v) is 11.1. The second-order valence-electron chi connectivity index (χ2n) is 8.17. The van der Waals surface area contributed by atoms with E-state index in [4.69, 9.17) is 4.74 Å². The lowest BCUT2D eigenvalue weighted by Crippen LogP contribution is -2.29. The third kappa shape index (κ3) is 4.90. The van der Waals surface area contributed by atoms with Crippen LogP contribution in [0.1, 0.15) is 22.7 Å². The van der Waals surface area contributed by atoms with Crippen LogP contribution in [-0.2, 0) is 25.5 Å². The molecule has 10 nitrogen and oxygen atoms in total. The number of ether oxygens (including phenoxy) is 2. The maximum atomic E-state index is 13.3. The van der Waals surface area contributed by atoms with Crippen LogP contribution >= 0.6 is 0 Å². The van der Waals surface area contributed by atoms with Gasteiger partial charge in [0.25, 0.3) is 17.4 Å². The van der Waals surface area contributed by atoms with Gasteiger partial charge in [0.1, 0.15) is 11.5 Å². The zero-order valence-corrected chi connectivity index (χ0v) is 19.9. The molecule has 0 radical (unpaired) electrons. The number of esters is 1. The number of nitro groups is 1. The zero-order valence-electron chi connectivity index (χ0n) is 19.9. The normalized spacial score (nSPS) is 16.5. The van der Waals surface area contributed by atoms with Gasteiger partial charge in [0.15, 0.2) is 0 Å². The second kappa shape index (κ2) is 10.3. The van der Waals surface area contributed by atoms with Gasteiger partial charge < -0.3 is 14.6 Å². The molecule has 0 bridgehead atoms. The molecule has 1 amide bonds. The Morgan fingerprint density at radius 1 is 1.03 bits per heavy atom. The molecule has 1 heterocycles. The summed E-state index contributed by atoms with van der Waals surface area (Å²) >= 11 is 0.